The van der Waals surface area contributed by atoms with Crippen LogP contribution < -0.4 is 5.32 Å². The molecule has 5 atom stereocenters. The van der Waals surface area contributed by atoms with E-state index >= 15 is 0 Å². The van der Waals surface area contributed by atoms with E-state index in [9.17, 15) is 18.0 Å². The SMILES string of the molecule is CO[C@@H]1O[C@@H](C)[C@@H](NC(=O)C(F)(F)F)[C@H]2OC(C)(C)O[C@@H]12. The lowest BCUT2D eigenvalue weighted by Gasteiger charge is -2.40. The van der Waals surface area contributed by atoms with Crippen molar-refractivity contribution in [2.45, 2.75) is 63.4 Å². The quantitative estimate of drug-likeness (QED) is 0.822. The van der Waals surface area contributed by atoms with Crippen LogP contribution in [0.5, 0.6) is 0 Å². The van der Waals surface area contributed by atoms with Crippen molar-refractivity contribution >= 4 is 5.91 Å². The van der Waals surface area contributed by atoms with Gasteiger partial charge in [-0.15, -0.1) is 0 Å². The van der Waals surface area contributed by atoms with Gasteiger partial charge in [0.25, 0.3) is 0 Å². The summed E-state index contributed by atoms with van der Waals surface area (Å²) in [5.41, 5.74) is 0. The lowest BCUT2D eigenvalue weighted by molar-refractivity contribution is -0.245. The molecule has 0 aromatic rings. The molecule has 0 radical (unpaired) electrons. The van der Waals surface area contributed by atoms with E-state index in [4.69, 9.17) is 18.9 Å². The minimum atomic E-state index is -4.97. The Hall–Kier alpha value is -0.900. The molecule has 9 heteroatoms. The molecule has 0 bridgehead atoms. The number of halogens is 3. The fraction of sp³-hybridized carbons (Fsp3) is 0.917. The number of amides is 1. The van der Waals surface area contributed by atoms with Crippen LogP contribution in [0.4, 0.5) is 13.2 Å². The Bertz CT molecular complexity index is 414. The maximum atomic E-state index is 12.4. The number of hydrogen-bond donors (Lipinski definition) is 1. The summed E-state index contributed by atoms with van der Waals surface area (Å²) in [5, 5.41) is 1.91. The summed E-state index contributed by atoms with van der Waals surface area (Å²) in [7, 11) is 1.40. The number of fused-ring (bicyclic) bond motifs is 1. The number of hydrogen-bond acceptors (Lipinski definition) is 5. The van der Waals surface area contributed by atoms with E-state index in [1.165, 1.54) is 14.0 Å². The Labute approximate surface area is 119 Å². The number of alkyl halides is 3. The van der Waals surface area contributed by atoms with Crippen LogP contribution in [0.15, 0.2) is 0 Å². The van der Waals surface area contributed by atoms with E-state index in [0.29, 0.717) is 0 Å². The van der Waals surface area contributed by atoms with Crippen LogP contribution in [-0.2, 0) is 23.7 Å². The maximum Gasteiger partial charge on any atom is 0.471 e. The summed E-state index contributed by atoms with van der Waals surface area (Å²) in [5.74, 6) is -3.04. The van der Waals surface area contributed by atoms with Gasteiger partial charge in [0.2, 0.25) is 0 Å². The Kier molecular flexibility index (Phi) is 4.22. The van der Waals surface area contributed by atoms with Crippen molar-refractivity contribution in [3.8, 4) is 0 Å². The molecule has 2 fully saturated rings. The topological polar surface area (TPSA) is 66.0 Å². The third-order valence-corrected chi connectivity index (χ3v) is 3.43. The molecular weight excluding hydrogens is 295 g/mol. The Morgan fingerprint density at radius 2 is 1.81 bits per heavy atom. The first-order chi connectivity index (χ1) is 9.55. The van der Waals surface area contributed by atoms with Crippen LogP contribution in [0, 0.1) is 0 Å². The van der Waals surface area contributed by atoms with Crippen LogP contribution in [0.25, 0.3) is 0 Å². The number of methoxy groups -OCH3 is 1. The largest absolute Gasteiger partial charge is 0.471 e. The zero-order valence-electron chi connectivity index (χ0n) is 12.1. The highest BCUT2D eigenvalue weighted by molar-refractivity contribution is 5.82. The van der Waals surface area contributed by atoms with Crippen molar-refractivity contribution < 1.29 is 36.9 Å². The van der Waals surface area contributed by atoms with Gasteiger partial charge in [0.05, 0.1) is 12.1 Å². The minimum absolute atomic E-state index is 0.722. The molecule has 0 unspecified atom stereocenters. The van der Waals surface area contributed by atoms with Gasteiger partial charge in [0.15, 0.2) is 12.1 Å². The number of carbonyl (C=O) groups is 1. The summed E-state index contributed by atoms with van der Waals surface area (Å²) in [6.45, 7) is 4.80. The van der Waals surface area contributed by atoms with E-state index in [0.717, 1.165) is 0 Å². The van der Waals surface area contributed by atoms with Crippen LogP contribution in [0.1, 0.15) is 20.8 Å². The van der Waals surface area contributed by atoms with Gasteiger partial charge in [-0.05, 0) is 20.8 Å². The van der Waals surface area contributed by atoms with Crippen molar-refractivity contribution in [1.29, 1.82) is 0 Å². The van der Waals surface area contributed by atoms with Gasteiger partial charge in [-0.1, -0.05) is 0 Å². The first kappa shape index (κ1) is 16.5. The molecule has 0 spiro atoms. The molecule has 2 heterocycles. The van der Waals surface area contributed by atoms with E-state index in [1.807, 2.05) is 5.32 Å². The zero-order chi connectivity index (χ0) is 16.0. The second-order valence-electron chi connectivity index (χ2n) is 5.51. The normalized spacial score (nSPS) is 38.9. The molecular formula is C12H18F3NO5. The molecule has 2 saturated heterocycles. The highest BCUT2D eigenvalue weighted by atomic mass is 19.4. The van der Waals surface area contributed by atoms with E-state index < -0.39 is 48.5 Å². The van der Waals surface area contributed by atoms with Crippen LogP contribution in [0.3, 0.4) is 0 Å². The maximum absolute atomic E-state index is 12.4. The number of carbonyl (C=O) groups excluding carboxylic acids is 1. The first-order valence-electron chi connectivity index (χ1n) is 6.47. The zero-order valence-corrected chi connectivity index (χ0v) is 12.1. The molecule has 0 aromatic carbocycles. The Morgan fingerprint density at radius 1 is 1.24 bits per heavy atom. The Morgan fingerprint density at radius 3 is 2.33 bits per heavy atom. The van der Waals surface area contributed by atoms with Crippen molar-refractivity contribution in [2.75, 3.05) is 7.11 Å². The molecule has 21 heavy (non-hydrogen) atoms. The summed E-state index contributed by atoms with van der Waals surface area (Å²) < 4.78 is 59.1. The first-order valence-corrected chi connectivity index (χ1v) is 6.47. The van der Waals surface area contributed by atoms with Gasteiger partial charge < -0.3 is 24.3 Å². The number of rotatable bonds is 2. The van der Waals surface area contributed by atoms with Crippen LogP contribution >= 0.6 is 0 Å². The summed E-state index contributed by atoms with van der Waals surface area (Å²) in [6, 6.07) is -0.989. The van der Waals surface area contributed by atoms with Gasteiger partial charge in [0, 0.05) is 7.11 Å². The molecule has 0 saturated carbocycles. The van der Waals surface area contributed by atoms with E-state index in [1.54, 1.807) is 13.8 Å². The molecule has 0 aliphatic carbocycles. The Balaban J connectivity index is 2.19. The molecule has 0 aromatic heterocycles. The van der Waals surface area contributed by atoms with E-state index in [-0.39, 0.29) is 0 Å². The van der Waals surface area contributed by atoms with Crippen LogP contribution in [0.2, 0.25) is 0 Å². The van der Waals surface area contributed by atoms with Crippen LogP contribution in [-0.4, -0.2) is 55.6 Å². The lowest BCUT2D eigenvalue weighted by Crippen LogP contribution is -2.63. The third-order valence-electron chi connectivity index (χ3n) is 3.43. The summed E-state index contributed by atoms with van der Waals surface area (Å²) in [4.78, 5) is 11.2. The van der Waals surface area contributed by atoms with Gasteiger partial charge >= 0.3 is 12.1 Å². The second kappa shape index (κ2) is 5.38. The molecule has 6 nitrogen and oxygen atoms in total. The van der Waals surface area contributed by atoms with Crippen molar-refractivity contribution in [2.24, 2.45) is 0 Å². The molecule has 2 aliphatic rings. The monoisotopic (exact) mass is 313 g/mol. The highest BCUT2D eigenvalue weighted by Gasteiger charge is 2.56. The summed E-state index contributed by atoms with van der Waals surface area (Å²) >= 11 is 0. The molecule has 2 aliphatic heterocycles. The van der Waals surface area contributed by atoms with Gasteiger partial charge in [-0.25, -0.2) is 0 Å². The fourth-order valence-corrected chi connectivity index (χ4v) is 2.57. The van der Waals surface area contributed by atoms with Gasteiger partial charge in [0.1, 0.15) is 12.2 Å². The van der Waals surface area contributed by atoms with Crippen molar-refractivity contribution in [1.82, 2.24) is 5.32 Å². The average molecular weight is 313 g/mol. The smallest absolute Gasteiger partial charge is 0.353 e. The predicted molar refractivity (Wildman–Crippen MR) is 63.2 cm³/mol. The minimum Gasteiger partial charge on any atom is -0.353 e. The molecule has 2 rings (SSSR count). The summed E-state index contributed by atoms with van der Waals surface area (Å²) in [6.07, 6.45) is -7.98. The van der Waals surface area contributed by atoms with Gasteiger partial charge in [-0.2, -0.15) is 13.2 Å². The average Bonchev–Trinajstić information content (AvgIpc) is 2.66. The predicted octanol–water partition coefficient (Wildman–Crippen LogP) is 0.945. The molecule has 1 amide bonds. The number of nitrogens with one attached hydrogen (secondary N) is 1. The highest BCUT2D eigenvalue weighted by Crippen LogP contribution is 2.37. The molecule has 1 N–H and O–H groups in total. The molecule has 122 valence electrons. The fourth-order valence-electron chi connectivity index (χ4n) is 2.57. The lowest BCUT2D eigenvalue weighted by atomic mass is 9.97. The van der Waals surface area contributed by atoms with Gasteiger partial charge in [-0.3, -0.25) is 4.79 Å². The second-order valence-corrected chi connectivity index (χ2v) is 5.51. The standard InChI is InChI=1S/C12H18F3NO5/c1-5-6(16-10(17)12(13,14)15)7-8(9(18-4)19-5)21-11(2,3)20-7/h5-9H,1-4H3,(H,16,17)/t5-,6+,7+,8+,9+/m0/s1. The van der Waals surface area contributed by atoms with Crippen molar-refractivity contribution in [3.05, 3.63) is 0 Å². The van der Waals surface area contributed by atoms with Crippen molar-refractivity contribution in [3.63, 3.8) is 0 Å². The van der Waals surface area contributed by atoms with E-state index in [2.05, 4.69) is 0 Å². The third kappa shape index (κ3) is 3.31. The number of ether oxygens (including phenoxy) is 4.